The largest absolute Gasteiger partial charge is 0.458 e. The first kappa shape index (κ1) is 63.8. The third-order valence-corrected chi connectivity index (χ3v) is 18.6. The molecular weight excluding hydrogens is 1090 g/mol. The summed E-state index contributed by atoms with van der Waals surface area (Å²) in [5.74, 6) is -3.89. The highest BCUT2D eigenvalue weighted by Crippen LogP contribution is 2.45. The molecule has 1 aromatic heterocycles. The number of amides is 2. The minimum atomic E-state index is -1.19. The number of ketones is 1. The number of rotatable bonds is 21. The molecule has 9 rings (SSSR count). The van der Waals surface area contributed by atoms with Gasteiger partial charge in [-0.1, -0.05) is 167 Å². The van der Waals surface area contributed by atoms with Crippen LogP contribution in [0.1, 0.15) is 135 Å². The lowest BCUT2D eigenvalue weighted by molar-refractivity contribution is -0.296. The van der Waals surface area contributed by atoms with Crippen molar-refractivity contribution >= 4 is 29.5 Å². The molecular formula is C68H89N7O11. The second-order valence-corrected chi connectivity index (χ2v) is 24.7. The topological polar surface area (TPSA) is 205 Å². The van der Waals surface area contributed by atoms with Gasteiger partial charge in [0, 0.05) is 62.3 Å². The van der Waals surface area contributed by atoms with Crippen molar-refractivity contribution in [3.63, 3.8) is 0 Å². The van der Waals surface area contributed by atoms with E-state index >= 15 is 0 Å². The summed E-state index contributed by atoms with van der Waals surface area (Å²) in [4.78, 5) is 70.8. The Morgan fingerprint density at radius 2 is 1.45 bits per heavy atom. The minimum Gasteiger partial charge on any atom is -0.458 e. The molecule has 0 spiro atoms. The molecule has 0 radical (unpaired) electrons. The molecule has 4 aromatic carbocycles. The second kappa shape index (κ2) is 28.0. The standard InChI is InChI=1S/C68H89N7O11/c1-11-56-67(8)61-46(4)58(69-37-39-75(61)65(80)85-67)44(2)41-66(7,81-10)62(47(5)59(77)48(6)63(79)83-56)84-64-60(78)55(40-45(3)82-64)73(9)42-49-33-35-50(36-34-49)54-43-74(72-70-54)38-25-14-12-13-24-32-57(76)71-86-68(51-26-18-15-19-27-51,52-28-20-16-21-29-52)53-30-22-17-23-31-53/h15-23,26-31,33-36,43-48,55-56,60-62,64,78H,11-14,24-25,32,37-42H2,1-10H3,(H,71,76)/t44-,45-,46+,47+,48-,55+,56-,60-,61-,62-,64+,66-,67-/m1/s1. The number of likely N-dealkylation sites (N-methyl/N-ethyl adjacent to an activating group) is 1. The maximum atomic E-state index is 14.6. The summed E-state index contributed by atoms with van der Waals surface area (Å²) in [6.45, 7) is 16.9. The van der Waals surface area contributed by atoms with Crippen molar-refractivity contribution in [1.29, 1.82) is 0 Å². The van der Waals surface area contributed by atoms with Gasteiger partial charge in [0.1, 0.15) is 23.8 Å². The molecule has 18 nitrogen and oxygen atoms in total. The Kier molecular flexibility index (Phi) is 20.8. The average Bonchev–Trinajstić information content (AvgIpc) is 1.96. The molecule has 13 atom stereocenters. The normalized spacial score (nSPS) is 29.2. The van der Waals surface area contributed by atoms with E-state index in [1.54, 1.807) is 18.9 Å². The van der Waals surface area contributed by atoms with Crippen molar-refractivity contribution in [3.8, 4) is 11.3 Å². The van der Waals surface area contributed by atoms with Crippen molar-refractivity contribution in [2.45, 2.75) is 186 Å². The molecule has 2 N–H and O–H groups in total. The lowest BCUT2D eigenvalue weighted by atomic mass is 9.73. The Hall–Kier alpha value is -6.67. The van der Waals surface area contributed by atoms with E-state index in [-0.39, 0.29) is 29.9 Å². The van der Waals surface area contributed by atoms with Gasteiger partial charge in [-0.3, -0.25) is 38.7 Å². The smallest absolute Gasteiger partial charge is 0.410 e. The van der Waals surface area contributed by atoms with Gasteiger partial charge in [-0.05, 0) is 95.0 Å². The summed E-state index contributed by atoms with van der Waals surface area (Å²) in [6, 6.07) is 37.2. The van der Waals surface area contributed by atoms with Crippen LogP contribution in [0.5, 0.6) is 0 Å². The van der Waals surface area contributed by atoms with Crippen LogP contribution in [0, 0.1) is 23.7 Å². The van der Waals surface area contributed by atoms with E-state index in [0.717, 1.165) is 77.9 Å². The predicted molar refractivity (Wildman–Crippen MR) is 326 cm³/mol. The molecule has 4 aliphatic heterocycles. The summed E-state index contributed by atoms with van der Waals surface area (Å²) >= 11 is 0. The zero-order valence-corrected chi connectivity index (χ0v) is 51.8. The van der Waals surface area contributed by atoms with Crippen molar-refractivity contribution in [3.05, 3.63) is 144 Å². The number of benzene rings is 4. The Morgan fingerprint density at radius 3 is 2.07 bits per heavy atom. The molecule has 3 fully saturated rings. The van der Waals surface area contributed by atoms with Crippen LogP contribution in [0.25, 0.3) is 11.3 Å². The van der Waals surface area contributed by atoms with Gasteiger partial charge >= 0.3 is 12.1 Å². The Bertz CT molecular complexity index is 3000. The molecule has 4 aliphatic rings. The van der Waals surface area contributed by atoms with E-state index in [1.165, 1.54) is 6.92 Å². The number of aryl methyl sites for hydroxylation is 1. The number of aromatic nitrogens is 3. The van der Waals surface area contributed by atoms with Gasteiger partial charge in [-0.25, -0.2) is 10.3 Å². The van der Waals surface area contributed by atoms with Crippen LogP contribution in [0.4, 0.5) is 4.79 Å². The molecule has 5 aromatic rings. The number of Topliss-reactive ketones (excluding diaryl/α,β-unsaturated/α-hetero) is 1. The van der Waals surface area contributed by atoms with E-state index < -0.39 is 77.1 Å². The van der Waals surface area contributed by atoms with Crippen LogP contribution in [-0.4, -0.2) is 141 Å². The number of methoxy groups -OCH3 is 1. The maximum Gasteiger partial charge on any atom is 0.410 e. The van der Waals surface area contributed by atoms with Gasteiger partial charge in [0.05, 0.1) is 36.6 Å². The first-order chi connectivity index (χ1) is 41.3. The average molecular weight is 1180 g/mol. The molecule has 18 heteroatoms. The van der Waals surface area contributed by atoms with Gasteiger partial charge in [0.25, 0.3) is 0 Å². The number of aliphatic hydroxyl groups is 1. The van der Waals surface area contributed by atoms with Gasteiger partial charge in [0.2, 0.25) is 5.91 Å². The number of unbranched alkanes of at least 4 members (excludes halogenated alkanes) is 4. The molecule has 0 unspecified atom stereocenters. The molecule has 0 saturated carbocycles. The zero-order valence-electron chi connectivity index (χ0n) is 51.8. The number of ether oxygens (including phenoxy) is 5. The number of aliphatic imine (C=N–C) groups is 1. The highest BCUT2D eigenvalue weighted by Gasteiger charge is 2.60. The van der Waals surface area contributed by atoms with Gasteiger partial charge in [0.15, 0.2) is 23.3 Å². The number of carbonyl (C=O) groups is 4. The van der Waals surface area contributed by atoms with Crippen LogP contribution in [0.2, 0.25) is 0 Å². The lowest BCUT2D eigenvalue weighted by Gasteiger charge is -2.47. The van der Waals surface area contributed by atoms with Crippen LogP contribution < -0.4 is 5.48 Å². The second-order valence-electron chi connectivity index (χ2n) is 24.7. The SMILES string of the molecule is CC[C@H]1OC(=O)[C@H](C)C(=O)[C@H](C)[C@@H](O[C@@H]2O[C@H](C)C[C@H](N(C)Cc3ccc(-c4cn(CCCCCCCC(=O)NOC(c5ccccc5)(c5ccccc5)c5ccccc5)nn4)cc3)[C@H]2O)[C@](C)(OC)C[C@@H](C)C2=NCCN3C(=O)O[C@@]1(C)[C@H]3[C@H]2C. The number of esters is 1. The quantitative estimate of drug-likeness (QED) is 0.0231. The summed E-state index contributed by atoms with van der Waals surface area (Å²) in [6.07, 6.45) is 3.23. The van der Waals surface area contributed by atoms with E-state index in [1.807, 2.05) is 156 Å². The van der Waals surface area contributed by atoms with Crippen LogP contribution >= 0.6 is 0 Å². The summed E-state index contributed by atoms with van der Waals surface area (Å²) in [5, 5.41) is 21.2. The van der Waals surface area contributed by atoms with E-state index in [2.05, 4.69) is 39.7 Å². The third-order valence-electron chi connectivity index (χ3n) is 18.6. The third kappa shape index (κ3) is 13.7. The van der Waals surface area contributed by atoms with Crippen molar-refractivity contribution in [2.75, 3.05) is 27.2 Å². The summed E-state index contributed by atoms with van der Waals surface area (Å²) < 4.78 is 33.9. The van der Waals surface area contributed by atoms with Gasteiger partial charge < -0.3 is 28.8 Å². The van der Waals surface area contributed by atoms with Gasteiger partial charge in [-0.2, -0.15) is 0 Å². The molecule has 2 bridgehead atoms. The first-order valence-corrected chi connectivity index (χ1v) is 31.0. The van der Waals surface area contributed by atoms with Crippen LogP contribution in [0.3, 0.4) is 0 Å². The predicted octanol–water partition coefficient (Wildman–Crippen LogP) is 10.3. The minimum absolute atomic E-state index is 0.163. The Labute approximate surface area is 507 Å². The summed E-state index contributed by atoms with van der Waals surface area (Å²) in [7, 11) is 3.56. The highest BCUT2D eigenvalue weighted by atomic mass is 16.7. The Morgan fingerprint density at radius 1 is 0.837 bits per heavy atom. The van der Waals surface area contributed by atoms with Crippen molar-refractivity contribution in [1.82, 2.24) is 30.3 Å². The summed E-state index contributed by atoms with van der Waals surface area (Å²) in [5.41, 5.74) is 5.78. The highest BCUT2D eigenvalue weighted by molar-refractivity contribution is 6.00. The first-order valence-electron chi connectivity index (χ1n) is 31.0. The molecule has 3 saturated heterocycles. The number of carbonyl (C=O) groups excluding carboxylic acids is 4. The fraction of sp³-hybridized carbons (Fsp3) is 0.544. The number of hydrogen-bond donors (Lipinski definition) is 2. The molecule has 86 heavy (non-hydrogen) atoms. The molecule has 5 heterocycles. The molecule has 0 aliphatic carbocycles. The van der Waals surface area contributed by atoms with Crippen molar-refractivity contribution < 1.29 is 52.8 Å². The number of cyclic esters (lactones) is 1. The number of nitrogens with zero attached hydrogens (tertiary/aromatic N) is 6. The number of hydroxylamine groups is 1. The molecule has 462 valence electrons. The van der Waals surface area contributed by atoms with Gasteiger partial charge in [-0.15, -0.1) is 5.10 Å². The fourth-order valence-corrected chi connectivity index (χ4v) is 13.9. The molecule has 2 amide bonds. The van der Waals surface area contributed by atoms with E-state index in [4.69, 9.17) is 33.5 Å². The van der Waals surface area contributed by atoms with Crippen LogP contribution in [-0.2, 0) is 61.6 Å². The number of fused-ring (bicyclic) bond motifs is 1. The zero-order chi connectivity index (χ0) is 61.3. The van der Waals surface area contributed by atoms with Crippen molar-refractivity contribution in [2.24, 2.45) is 28.7 Å². The lowest BCUT2D eigenvalue weighted by Crippen LogP contribution is -2.60. The Balaban J connectivity index is 0.776. The number of aliphatic hydroxyl groups excluding tert-OH is 1. The van der Waals surface area contributed by atoms with E-state index in [9.17, 15) is 24.3 Å². The number of nitrogens with one attached hydrogen (secondary N) is 1. The maximum absolute atomic E-state index is 14.6. The van der Waals surface area contributed by atoms with Crippen LogP contribution in [0.15, 0.2) is 126 Å². The van der Waals surface area contributed by atoms with E-state index in [0.29, 0.717) is 45.3 Å². The monoisotopic (exact) mass is 1180 g/mol. The fourth-order valence-electron chi connectivity index (χ4n) is 13.9. The number of hydrogen-bond acceptors (Lipinski definition) is 15.